The second kappa shape index (κ2) is 6.75. The predicted molar refractivity (Wildman–Crippen MR) is 96.7 cm³/mol. The first kappa shape index (κ1) is 16.5. The molecule has 0 aromatic heterocycles. The second-order valence-electron chi connectivity index (χ2n) is 6.77. The highest BCUT2D eigenvalue weighted by molar-refractivity contribution is 6.21. The fourth-order valence-electron chi connectivity index (χ4n) is 3.83. The number of imide groups is 1. The van der Waals surface area contributed by atoms with Crippen molar-refractivity contribution in [3.63, 3.8) is 0 Å². The molecular formula is C21H20N2O3. The minimum absolute atomic E-state index is 0.00892. The number of fused-ring (bicyclic) bond motifs is 2. The molecule has 1 N–H and O–H groups in total. The van der Waals surface area contributed by atoms with Crippen LogP contribution in [0.3, 0.4) is 0 Å². The standard InChI is InChI=1S/C21H20N2O3/c24-19(22-18-11-5-7-14-6-1-2-8-15(14)18)12-13-23-20(25)16-9-3-4-10-17(16)21(23)26/h1-4,6,8-10,18H,5,7,11-13H2,(H,22,24). The summed E-state index contributed by atoms with van der Waals surface area (Å²) in [6.45, 7) is 0.104. The molecule has 1 unspecified atom stereocenters. The number of amides is 3. The van der Waals surface area contributed by atoms with E-state index < -0.39 is 0 Å². The van der Waals surface area contributed by atoms with Gasteiger partial charge >= 0.3 is 0 Å². The van der Waals surface area contributed by atoms with E-state index in [0.29, 0.717) is 11.1 Å². The Kier molecular flexibility index (Phi) is 4.29. The smallest absolute Gasteiger partial charge is 0.261 e. The molecule has 132 valence electrons. The molecule has 5 heteroatoms. The molecule has 1 aliphatic carbocycles. The molecule has 2 aromatic carbocycles. The summed E-state index contributed by atoms with van der Waals surface area (Å²) in [6, 6.07) is 14.9. The Morgan fingerprint density at radius 2 is 1.65 bits per heavy atom. The molecule has 1 aliphatic heterocycles. The lowest BCUT2D eigenvalue weighted by Crippen LogP contribution is -2.36. The highest BCUT2D eigenvalue weighted by atomic mass is 16.2. The maximum Gasteiger partial charge on any atom is 0.261 e. The fourth-order valence-corrected chi connectivity index (χ4v) is 3.83. The summed E-state index contributed by atoms with van der Waals surface area (Å²) in [6.07, 6.45) is 3.11. The molecule has 1 atom stereocenters. The molecule has 26 heavy (non-hydrogen) atoms. The molecule has 2 aromatic rings. The van der Waals surface area contributed by atoms with Crippen molar-refractivity contribution < 1.29 is 14.4 Å². The maximum atomic E-state index is 12.4. The van der Waals surface area contributed by atoms with E-state index in [1.54, 1.807) is 24.3 Å². The molecule has 1 heterocycles. The van der Waals surface area contributed by atoms with E-state index in [1.807, 2.05) is 12.1 Å². The SMILES string of the molecule is O=C(CCN1C(=O)c2ccccc2C1=O)NC1CCCc2ccccc21. The Morgan fingerprint density at radius 3 is 2.38 bits per heavy atom. The van der Waals surface area contributed by atoms with Gasteiger partial charge in [-0.25, -0.2) is 0 Å². The summed E-state index contributed by atoms with van der Waals surface area (Å²) in [5.74, 6) is -0.772. The van der Waals surface area contributed by atoms with Gasteiger partial charge < -0.3 is 5.32 Å². The molecule has 0 saturated carbocycles. The van der Waals surface area contributed by atoms with Gasteiger partial charge in [0.2, 0.25) is 5.91 Å². The van der Waals surface area contributed by atoms with Gasteiger partial charge in [-0.05, 0) is 42.5 Å². The Balaban J connectivity index is 1.39. The van der Waals surface area contributed by atoms with Gasteiger partial charge in [0.1, 0.15) is 0 Å². The number of carbonyl (C=O) groups is 3. The summed E-state index contributed by atoms with van der Waals surface area (Å²) in [5.41, 5.74) is 3.29. The molecule has 0 fully saturated rings. The zero-order valence-electron chi connectivity index (χ0n) is 14.4. The van der Waals surface area contributed by atoms with Gasteiger partial charge in [-0.3, -0.25) is 19.3 Å². The quantitative estimate of drug-likeness (QED) is 0.864. The van der Waals surface area contributed by atoms with Gasteiger partial charge in [0.15, 0.2) is 0 Å². The van der Waals surface area contributed by atoms with Gasteiger partial charge in [-0.2, -0.15) is 0 Å². The van der Waals surface area contributed by atoms with E-state index in [0.717, 1.165) is 19.3 Å². The number of benzene rings is 2. The molecule has 4 rings (SSSR count). The minimum atomic E-state index is -0.318. The van der Waals surface area contributed by atoms with Crippen LogP contribution in [0.5, 0.6) is 0 Å². The average Bonchev–Trinajstić information content (AvgIpc) is 2.91. The molecule has 0 bridgehead atoms. The van der Waals surface area contributed by atoms with Crippen molar-refractivity contribution in [2.75, 3.05) is 6.54 Å². The van der Waals surface area contributed by atoms with Crippen LogP contribution in [-0.2, 0) is 11.2 Å². The van der Waals surface area contributed by atoms with E-state index in [1.165, 1.54) is 16.0 Å². The van der Waals surface area contributed by atoms with Crippen molar-refractivity contribution >= 4 is 17.7 Å². The van der Waals surface area contributed by atoms with Crippen molar-refractivity contribution in [1.82, 2.24) is 10.2 Å². The van der Waals surface area contributed by atoms with E-state index in [2.05, 4.69) is 17.4 Å². The number of aryl methyl sites for hydroxylation is 1. The third-order valence-electron chi connectivity index (χ3n) is 5.15. The zero-order valence-corrected chi connectivity index (χ0v) is 14.4. The van der Waals surface area contributed by atoms with Crippen LogP contribution in [0, 0.1) is 0 Å². The van der Waals surface area contributed by atoms with E-state index in [4.69, 9.17) is 0 Å². The van der Waals surface area contributed by atoms with Crippen molar-refractivity contribution in [3.8, 4) is 0 Å². The van der Waals surface area contributed by atoms with Crippen LogP contribution >= 0.6 is 0 Å². The second-order valence-corrected chi connectivity index (χ2v) is 6.77. The lowest BCUT2D eigenvalue weighted by atomic mass is 9.87. The van der Waals surface area contributed by atoms with Crippen LogP contribution in [0.4, 0.5) is 0 Å². The largest absolute Gasteiger partial charge is 0.349 e. The highest BCUT2D eigenvalue weighted by Crippen LogP contribution is 2.29. The van der Waals surface area contributed by atoms with Crippen LogP contribution in [0.2, 0.25) is 0 Å². The first-order chi connectivity index (χ1) is 12.6. The average molecular weight is 348 g/mol. The third-order valence-corrected chi connectivity index (χ3v) is 5.15. The lowest BCUT2D eigenvalue weighted by molar-refractivity contribution is -0.122. The monoisotopic (exact) mass is 348 g/mol. The molecule has 0 radical (unpaired) electrons. The van der Waals surface area contributed by atoms with Crippen LogP contribution < -0.4 is 5.32 Å². The molecule has 0 spiro atoms. The number of nitrogens with one attached hydrogen (secondary N) is 1. The van der Waals surface area contributed by atoms with E-state index in [-0.39, 0.29) is 36.7 Å². The summed E-state index contributed by atoms with van der Waals surface area (Å²) < 4.78 is 0. The van der Waals surface area contributed by atoms with Crippen molar-refractivity contribution in [3.05, 3.63) is 70.8 Å². The predicted octanol–water partition coefficient (Wildman–Crippen LogP) is 2.87. The number of hydrogen-bond acceptors (Lipinski definition) is 3. The number of carbonyl (C=O) groups excluding carboxylic acids is 3. The Bertz CT molecular complexity index is 855. The first-order valence-electron chi connectivity index (χ1n) is 8.97. The fraction of sp³-hybridized carbons (Fsp3) is 0.286. The van der Waals surface area contributed by atoms with Gasteiger partial charge in [-0.1, -0.05) is 36.4 Å². The van der Waals surface area contributed by atoms with Gasteiger partial charge in [0.05, 0.1) is 17.2 Å². The highest BCUT2D eigenvalue weighted by Gasteiger charge is 2.35. The molecule has 0 saturated heterocycles. The first-order valence-corrected chi connectivity index (χ1v) is 8.97. The summed E-state index contributed by atoms with van der Waals surface area (Å²) in [4.78, 5) is 38.3. The zero-order chi connectivity index (χ0) is 18.1. The number of hydrogen-bond donors (Lipinski definition) is 1. The Morgan fingerprint density at radius 1 is 1.00 bits per heavy atom. The van der Waals surface area contributed by atoms with E-state index >= 15 is 0 Å². The normalized spacial score (nSPS) is 18.5. The van der Waals surface area contributed by atoms with Crippen LogP contribution in [0.25, 0.3) is 0 Å². The van der Waals surface area contributed by atoms with Gasteiger partial charge in [-0.15, -0.1) is 0 Å². The van der Waals surface area contributed by atoms with E-state index in [9.17, 15) is 14.4 Å². The number of nitrogens with zero attached hydrogens (tertiary/aromatic N) is 1. The molecule has 3 amide bonds. The molecular weight excluding hydrogens is 328 g/mol. The summed E-state index contributed by atoms with van der Waals surface area (Å²) in [7, 11) is 0. The number of rotatable bonds is 4. The van der Waals surface area contributed by atoms with Crippen LogP contribution in [0.15, 0.2) is 48.5 Å². The van der Waals surface area contributed by atoms with Crippen LogP contribution in [0.1, 0.15) is 57.1 Å². The maximum absolute atomic E-state index is 12.4. The minimum Gasteiger partial charge on any atom is -0.349 e. The Hall–Kier alpha value is -2.95. The Labute approximate surface area is 152 Å². The summed E-state index contributed by atoms with van der Waals surface area (Å²) >= 11 is 0. The van der Waals surface area contributed by atoms with Gasteiger partial charge in [0.25, 0.3) is 11.8 Å². The molecule has 2 aliphatic rings. The lowest BCUT2D eigenvalue weighted by Gasteiger charge is -2.26. The van der Waals surface area contributed by atoms with Crippen LogP contribution in [-0.4, -0.2) is 29.2 Å². The summed E-state index contributed by atoms with van der Waals surface area (Å²) in [5, 5.41) is 3.06. The van der Waals surface area contributed by atoms with Crippen molar-refractivity contribution in [2.45, 2.75) is 31.7 Å². The third kappa shape index (κ3) is 2.90. The topological polar surface area (TPSA) is 66.5 Å². The van der Waals surface area contributed by atoms with Gasteiger partial charge in [0, 0.05) is 13.0 Å². The van der Waals surface area contributed by atoms with Crippen molar-refractivity contribution in [2.24, 2.45) is 0 Å². The molecule has 5 nitrogen and oxygen atoms in total. The van der Waals surface area contributed by atoms with Crippen molar-refractivity contribution in [1.29, 1.82) is 0 Å².